The van der Waals surface area contributed by atoms with E-state index >= 15 is 0 Å². The summed E-state index contributed by atoms with van der Waals surface area (Å²) in [5.41, 5.74) is 9.11. The molecule has 1 fully saturated rings. The Balaban J connectivity index is 1.44. The molecular formula is C27H32N2O2. The van der Waals surface area contributed by atoms with Crippen LogP contribution >= 0.6 is 0 Å². The van der Waals surface area contributed by atoms with Crippen molar-refractivity contribution in [2.45, 2.75) is 39.2 Å². The Labute approximate surface area is 184 Å². The Bertz CT molecular complexity index is 1140. The molecule has 0 radical (unpaired) electrons. The molecule has 0 saturated carbocycles. The molecule has 0 unspecified atom stereocenters. The van der Waals surface area contributed by atoms with E-state index < -0.39 is 0 Å². The summed E-state index contributed by atoms with van der Waals surface area (Å²) in [6.07, 6.45) is 5.04. The molecule has 1 aliphatic heterocycles. The minimum Gasteiger partial charge on any atom is -0.497 e. The number of aryl methyl sites for hydroxylation is 1. The fourth-order valence-electron chi connectivity index (χ4n) is 5.14. The van der Waals surface area contributed by atoms with Crippen molar-refractivity contribution in [1.29, 1.82) is 0 Å². The number of benzene rings is 1. The lowest BCUT2D eigenvalue weighted by atomic mass is 9.99. The van der Waals surface area contributed by atoms with E-state index in [1.54, 1.807) is 7.11 Å². The minimum atomic E-state index is 0.665. The van der Waals surface area contributed by atoms with Crippen molar-refractivity contribution in [1.82, 2.24) is 9.30 Å². The van der Waals surface area contributed by atoms with Gasteiger partial charge >= 0.3 is 0 Å². The smallest absolute Gasteiger partial charge is 0.118 e. The Morgan fingerprint density at radius 1 is 0.903 bits per heavy atom. The van der Waals surface area contributed by atoms with Gasteiger partial charge in [-0.2, -0.15) is 0 Å². The molecule has 4 heteroatoms. The van der Waals surface area contributed by atoms with E-state index in [4.69, 9.17) is 9.47 Å². The highest BCUT2D eigenvalue weighted by Gasteiger charge is 2.20. The summed E-state index contributed by atoms with van der Waals surface area (Å²) in [7, 11) is 1.71. The van der Waals surface area contributed by atoms with Crippen LogP contribution in [-0.2, 0) is 17.8 Å². The zero-order chi connectivity index (χ0) is 21.2. The van der Waals surface area contributed by atoms with E-state index in [0.717, 1.165) is 25.3 Å². The van der Waals surface area contributed by atoms with Crippen LogP contribution in [0.2, 0.25) is 0 Å². The first-order chi connectivity index (χ1) is 15.3. The number of piperidine rings is 1. The third kappa shape index (κ3) is 3.79. The van der Waals surface area contributed by atoms with Crippen LogP contribution in [0, 0.1) is 0 Å². The molecule has 162 valence electrons. The standard InChI is InChI=1S/C27H32N2O2/c1-3-23-25-9-7-8-24-21(19-31-17-16-28-14-5-4-6-15-28)18-26(29(24)25)27(23)20-10-12-22(30-2)13-11-20/h7-13,18H,3-6,14-17,19H2,1-2H3. The van der Waals surface area contributed by atoms with Gasteiger partial charge in [0.15, 0.2) is 0 Å². The lowest BCUT2D eigenvalue weighted by Crippen LogP contribution is -2.32. The first kappa shape index (κ1) is 20.3. The normalized spacial score (nSPS) is 15.3. The number of ether oxygens (including phenoxy) is 2. The van der Waals surface area contributed by atoms with Crippen LogP contribution in [0.15, 0.2) is 48.5 Å². The van der Waals surface area contributed by atoms with E-state index in [-0.39, 0.29) is 0 Å². The highest BCUT2D eigenvalue weighted by Crippen LogP contribution is 2.39. The summed E-state index contributed by atoms with van der Waals surface area (Å²) in [5.74, 6) is 0.890. The molecule has 31 heavy (non-hydrogen) atoms. The topological polar surface area (TPSA) is 26.1 Å². The molecular weight excluding hydrogens is 384 g/mol. The first-order valence-corrected chi connectivity index (χ1v) is 11.6. The average molecular weight is 417 g/mol. The Morgan fingerprint density at radius 2 is 1.68 bits per heavy atom. The van der Waals surface area contributed by atoms with Gasteiger partial charge in [-0.1, -0.05) is 31.5 Å². The lowest BCUT2D eigenvalue weighted by molar-refractivity contribution is 0.0869. The van der Waals surface area contributed by atoms with Crippen LogP contribution in [0.3, 0.4) is 0 Å². The molecule has 1 aliphatic rings. The summed E-state index contributed by atoms with van der Waals surface area (Å²) < 4.78 is 13.9. The highest BCUT2D eigenvalue weighted by molar-refractivity contribution is 5.96. The average Bonchev–Trinajstić information content (AvgIpc) is 3.35. The van der Waals surface area contributed by atoms with E-state index in [1.165, 1.54) is 71.2 Å². The fourth-order valence-corrected chi connectivity index (χ4v) is 5.14. The van der Waals surface area contributed by atoms with E-state index in [1.807, 2.05) is 12.1 Å². The Hall–Kier alpha value is -2.56. The summed E-state index contributed by atoms with van der Waals surface area (Å²) in [5, 5.41) is 0. The second kappa shape index (κ2) is 8.89. The SMILES string of the molecule is CCc1c(-c2ccc(OC)cc2)c2cc(COCCN3CCCCC3)c3cccc1n32. The fraction of sp³-hybridized carbons (Fsp3) is 0.407. The molecule has 1 saturated heterocycles. The number of methoxy groups -OCH3 is 1. The first-order valence-electron chi connectivity index (χ1n) is 11.6. The predicted molar refractivity (Wildman–Crippen MR) is 127 cm³/mol. The predicted octanol–water partition coefficient (Wildman–Crippen LogP) is 5.77. The lowest BCUT2D eigenvalue weighted by Gasteiger charge is -2.26. The molecule has 0 atom stereocenters. The van der Waals surface area contributed by atoms with Crippen LogP contribution in [0.1, 0.15) is 37.3 Å². The van der Waals surface area contributed by atoms with Crippen LogP contribution in [0.25, 0.3) is 27.7 Å². The van der Waals surface area contributed by atoms with Crippen molar-refractivity contribution in [2.24, 2.45) is 0 Å². The van der Waals surface area contributed by atoms with Gasteiger partial charge in [0.2, 0.25) is 0 Å². The third-order valence-corrected chi connectivity index (χ3v) is 6.73. The maximum absolute atomic E-state index is 6.14. The van der Waals surface area contributed by atoms with E-state index in [2.05, 4.69) is 52.6 Å². The van der Waals surface area contributed by atoms with Crippen molar-refractivity contribution in [2.75, 3.05) is 33.4 Å². The molecule has 0 N–H and O–H groups in total. The number of hydrogen-bond acceptors (Lipinski definition) is 3. The summed E-state index contributed by atoms with van der Waals surface area (Å²) in [6, 6.07) is 17.4. The summed E-state index contributed by atoms with van der Waals surface area (Å²) in [4.78, 5) is 2.53. The molecule has 3 aromatic heterocycles. The second-order valence-corrected chi connectivity index (χ2v) is 8.58. The number of hydrogen-bond donors (Lipinski definition) is 0. The van der Waals surface area contributed by atoms with Crippen LogP contribution < -0.4 is 4.74 Å². The van der Waals surface area contributed by atoms with Gasteiger partial charge in [-0.05, 0) is 73.8 Å². The monoisotopic (exact) mass is 416 g/mol. The van der Waals surface area contributed by atoms with Crippen molar-refractivity contribution < 1.29 is 9.47 Å². The van der Waals surface area contributed by atoms with Gasteiger partial charge < -0.3 is 18.8 Å². The van der Waals surface area contributed by atoms with Gasteiger partial charge in [0.25, 0.3) is 0 Å². The van der Waals surface area contributed by atoms with Gasteiger partial charge in [-0.3, -0.25) is 0 Å². The van der Waals surface area contributed by atoms with Gasteiger partial charge in [0.05, 0.1) is 36.9 Å². The number of pyridine rings is 1. The molecule has 1 aromatic carbocycles. The Kier molecular flexibility index (Phi) is 5.84. The van der Waals surface area contributed by atoms with Crippen molar-refractivity contribution >= 4 is 16.6 Å². The largest absolute Gasteiger partial charge is 0.497 e. The molecule has 0 bridgehead atoms. The Morgan fingerprint density at radius 3 is 2.42 bits per heavy atom. The molecule has 4 aromatic rings. The van der Waals surface area contributed by atoms with E-state index in [0.29, 0.717) is 6.61 Å². The van der Waals surface area contributed by atoms with Crippen molar-refractivity contribution in [3.63, 3.8) is 0 Å². The van der Waals surface area contributed by atoms with Crippen molar-refractivity contribution in [3.8, 4) is 16.9 Å². The van der Waals surface area contributed by atoms with Crippen LogP contribution in [0.5, 0.6) is 5.75 Å². The molecule has 0 amide bonds. The molecule has 0 aliphatic carbocycles. The number of nitrogens with zero attached hydrogens (tertiary/aromatic N) is 2. The van der Waals surface area contributed by atoms with Gasteiger partial charge in [0, 0.05) is 17.7 Å². The third-order valence-electron chi connectivity index (χ3n) is 6.73. The van der Waals surface area contributed by atoms with E-state index in [9.17, 15) is 0 Å². The number of rotatable bonds is 8. The quantitative estimate of drug-likeness (QED) is 0.341. The van der Waals surface area contributed by atoms with Crippen molar-refractivity contribution in [3.05, 3.63) is 59.7 Å². The zero-order valence-electron chi connectivity index (χ0n) is 18.7. The minimum absolute atomic E-state index is 0.665. The summed E-state index contributed by atoms with van der Waals surface area (Å²) in [6.45, 7) is 7.20. The summed E-state index contributed by atoms with van der Waals surface area (Å²) >= 11 is 0. The maximum Gasteiger partial charge on any atom is 0.118 e. The van der Waals surface area contributed by atoms with Gasteiger partial charge in [-0.25, -0.2) is 0 Å². The second-order valence-electron chi connectivity index (χ2n) is 8.58. The molecule has 4 heterocycles. The van der Waals surface area contributed by atoms with Crippen LogP contribution in [0.4, 0.5) is 0 Å². The maximum atomic E-state index is 6.14. The number of aromatic nitrogens is 1. The highest BCUT2D eigenvalue weighted by atomic mass is 16.5. The van der Waals surface area contributed by atoms with Gasteiger partial charge in [-0.15, -0.1) is 0 Å². The zero-order valence-corrected chi connectivity index (χ0v) is 18.7. The number of likely N-dealkylation sites (tertiary alicyclic amines) is 1. The van der Waals surface area contributed by atoms with Crippen LogP contribution in [-0.4, -0.2) is 42.7 Å². The van der Waals surface area contributed by atoms with Gasteiger partial charge in [0.1, 0.15) is 5.75 Å². The molecule has 0 spiro atoms. The molecule has 4 nitrogen and oxygen atoms in total. The molecule has 5 rings (SSSR count).